The maximum Gasteiger partial charge on any atom is 0.267 e. The SMILES string of the molecule is COc1ccc(/C=C(\NC(=O)c2cccc(Br)c2)C(=O)NC[C@H]2NCCc3ccccc32)cc1. The second kappa shape index (κ2) is 11.1. The van der Waals surface area contributed by atoms with E-state index in [1.165, 1.54) is 11.1 Å². The third kappa shape index (κ3) is 5.92. The molecular formula is C27H26BrN3O3. The van der Waals surface area contributed by atoms with Crippen LogP contribution in [0.2, 0.25) is 0 Å². The van der Waals surface area contributed by atoms with E-state index in [2.05, 4.69) is 44.0 Å². The lowest BCUT2D eigenvalue weighted by molar-refractivity contribution is -0.117. The van der Waals surface area contributed by atoms with Gasteiger partial charge < -0.3 is 20.7 Å². The summed E-state index contributed by atoms with van der Waals surface area (Å²) in [7, 11) is 1.60. The Kier molecular flexibility index (Phi) is 7.77. The normalized spacial score (nSPS) is 15.2. The lowest BCUT2D eigenvalue weighted by Crippen LogP contribution is -2.41. The van der Waals surface area contributed by atoms with Gasteiger partial charge in [0.05, 0.1) is 7.11 Å². The molecule has 0 radical (unpaired) electrons. The van der Waals surface area contributed by atoms with Gasteiger partial charge in [-0.1, -0.05) is 58.4 Å². The monoisotopic (exact) mass is 519 g/mol. The van der Waals surface area contributed by atoms with E-state index < -0.39 is 0 Å². The van der Waals surface area contributed by atoms with Gasteiger partial charge >= 0.3 is 0 Å². The Morgan fingerprint density at radius 3 is 2.65 bits per heavy atom. The standard InChI is InChI=1S/C27H26BrN3O3/c1-34-22-11-9-18(10-12-22)15-24(31-26(32)20-6-4-7-21(28)16-20)27(33)30-17-25-23-8-3-2-5-19(23)13-14-29-25/h2-12,15-16,25,29H,13-14,17H2,1H3,(H,30,33)(H,31,32)/b24-15-/t25-/m1/s1. The number of hydrogen-bond acceptors (Lipinski definition) is 4. The molecule has 1 aliphatic heterocycles. The van der Waals surface area contributed by atoms with Crippen molar-refractivity contribution in [3.8, 4) is 5.75 Å². The Hall–Kier alpha value is -3.42. The van der Waals surface area contributed by atoms with E-state index in [9.17, 15) is 9.59 Å². The highest BCUT2D eigenvalue weighted by molar-refractivity contribution is 9.10. The Balaban J connectivity index is 1.53. The maximum absolute atomic E-state index is 13.2. The largest absolute Gasteiger partial charge is 0.497 e. The molecule has 1 atom stereocenters. The Bertz CT molecular complexity index is 1210. The second-order valence-corrected chi connectivity index (χ2v) is 8.88. The zero-order valence-corrected chi connectivity index (χ0v) is 20.4. The van der Waals surface area contributed by atoms with Crippen LogP contribution < -0.4 is 20.7 Å². The summed E-state index contributed by atoms with van der Waals surface area (Å²) in [5.74, 6) is -0.00951. The summed E-state index contributed by atoms with van der Waals surface area (Å²) in [6.07, 6.45) is 2.62. The smallest absolute Gasteiger partial charge is 0.267 e. The van der Waals surface area contributed by atoms with Crippen molar-refractivity contribution in [2.45, 2.75) is 12.5 Å². The lowest BCUT2D eigenvalue weighted by Gasteiger charge is -2.27. The molecule has 7 heteroatoms. The van der Waals surface area contributed by atoms with Crippen molar-refractivity contribution in [3.63, 3.8) is 0 Å². The number of rotatable bonds is 7. The maximum atomic E-state index is 13.2. The molecule has 3 aromatic rings. The van der Waals surface area contributed by atoms with E-state index >= 15 is 0 Å². The highest BCUT2D eigenvalue weighted by atomic mass is 79.9. The predicted octanol–water partition coefficient (Wildman–Crippen LogP) is 4.23. The van der Waals surface area contributed by atoms with Crippen LogP contribution in [0.25, 0.3) is 6.08 Å². The molecule has 6 nitrogen and oxygen atoms in total. The summed E-state index contributed by atoms with van der Waals surface area (Å²) in [5, 5.41) is 9.23. The van der Waals surface area contributed by atoms with E-state index in [4.69, 9.17) is 4.74 Å². The minimum absolute atomic E-state index is 0.0110. The van der Waals surface area contributed by atoms with Crippen LogP contribution in [0.1, 0.15) is 33.1 Å². The summed E-state index contributed by atoms with van der Waals surface area (Å²) in [5.41, 5.74) is 3.86. The average Bonchev–Trinajstić information content (AvgIpc) is 2.87. The third-order valence-corrected chi connectivity index (χ3v) is 6.18. The second-order valence-electron chi connectivity index (χ2n) is 7.96. The average molecular weight is 520 g/mol. The van der Waals surface area contributed by atoms with Crippen molar-refractivity contribution in [2.75, 3.05) is 20.2 Å². The van der Waals surface area contributed by atoms with Crippen LogP contribution >= 0.6 is 15.9 Å². The van der Waals surface area contributed by atoms with Crippen molar-refractivity contribution in [3.05, 3.63) is 105 Å². The fraction of sp³-hybridized carbons (Fsp3) is 0.185. The highest BCUT2D eigenvalue weighted by Gasteiger charge is 2.21. The first-order valence-electron chi connectivity index (χ1n) is 11.1. The summed E-state index contributed by atoms with van der Waals surface area (Å²) in [6.45, 7) is 1.26. The number of carbonyl (C=O) groups excluding carboxylic acids is 2. The molecule has 174 valence electrons. The minimum Gasteiger partial charge on any atom is -0.497 e. The van der Waals surface area contributed by atoms with Crippen LogP contribution in [-0.2, 0) is 11.2 Å². The van der Waals surface area contributed by atoms with Gasteiger partial charge in [-0.05, 0) is 66.1 Å². The van der Waals surface area contributed by atoms with Crippen LogP contribution in [-0.4, -0.2) is 32.0 Å². The molecule has 0 fully saturated rings. The topological polar surface area (TPSA) is 79.5 Å². The van der Waals surface area contributed by atoms with E-state index in [1.54, 1.807) is 43.5 Å². The molecule has 0 aliphatic carbocycles. The third-order valence-electron chi connectivity index (χ3n) is 5.69. The van der Waals surface area contributed by atoms with Crippen LogP contribution in [0.5, 0.6) is 5.75 Å². The lowest BCUT2D eigenvalue weighted by atomic mass is 9.94. The molecule has 0 bridgehead atoms. The van der Waals surface area contributed by atoms with Gasteiger partial charge in [0.1, 0.15) is 11.4 Å². The van der Waals surface area contributed by atoms with Crippen molar-refractivity contribution >= 4 is 33.8 Å². The zero-order valence-electron chi connectivity index (χ0n) is 18.8. The fourth-order valence-corrected chi connectivity index (χ4v) is 4.31. The molecule has 0 saturated carbocycles. The van der Waals surface area contributed by atoms with Crippen molar-refractivity contribution < 1.29 is 14.3 Å². The zero-order chi connectivity index (χ0) is 23.9. The van der Waals surface area contributed by atoms with Gasteiger partial charge in [0.25, 0.3) is 11.8 Å². The number of methoxy groups -OCH3 is 1. The highest BCUT2D eigenvalue weighted by Crippen LogP contribution is 2.22. The van der Waals surface area contributed by atoms with Crippen LogP contribution in [0, 0.1) is 0 Å². The molecule has 0 unspecified atom stereocenters. The van der Waals surface area contributed by atoms with Crippen LogP contribution in [0.15, 0.2) is 83.0 Å². The van der Waals surface area contributed by atoms with Gasteiger partial charge in [-0.3, -0.25) is 9.59 Å². The Morgan fingerprint density at radius 2 is 1.88 bits per heavy atom. The van der Waals surface area contributed by atoms with Gasteiger partial charge in [0, 0.05) is 22.6 Å². The molecule has 0 saturated heterocycles. The molecule has 1 aliphatic rings. The molecule has 34 heavy (non-hydrogen) atoms. The molecule has 3 aromatic carbocycles. The minimum atomic E-state index is -0.364. The van der Waals surface area contributed by atoms with Gasteiger partial charge in [-0.25, -0.2) is 0 Å². The molecule has 4 rings (SSSR count). The van der Waals surface area contributed by atoms with E-state index in [0.717, 1.165) is 23.0 Å². The number of benzene rings is 3. The molecule has 1 heterocycles. The number of amides is 2. The number of ether oxygens (including phenoxy) is 1. The first-order chi connectivity index (χ1) is 16.5. The summed E-state index contributed by atoms with van der Waals surface area (Å²) in [6, 6.07) is 22.6. The first kappa shape index (κ1) is 23.7. The van der Waals surface area contributed by atoms with Crippen molar-refractivity contribution in [2.24, 2.45) is 0 Å². The fourth-order valence-electron chi connectivity index (χ4n) is 3.91. The van der Waals surface area contributed by atoms with Gasteiger partial charge in [-0.2, -0.15) is 0 Å². The van der Waals surface area contributed by atoms with Crippen LogP contribution in [0.4, 0.5) is 0 Å². The van der Waals surface area contributed by atoms with Crippen LogP contribution in [0.3, 0.4) is 0 Å². The molecular weight excluding hydrogens is 494 g/mol. The molecule has 0 aromatic heterocycles. The van der Waals surface area contributed by atoms with Gasteiger partial charge in [0.15, 0.2) is 0 Å². The van der Waals surface area contributed by atoms with Gasteiger partial charge in [-0.15, -0.1) is 0 Å². The molecule has 3 N–H and O–H groups in total. The van der Waals surface area contributed by atoms with E-state index in [0.29, 0.717) is 17.9 Å². The molecule has 2 amide bonds. The molecule has 0 spiro atoms. The number of hydrogen-bond donors (Lipinski definition) is 3. The number of fused-ring (bicyclic) bond motifs is 1. The van der Waals surface area contributed by atoms with E-state index in [-0.39, 0.29) is 23.6 Å². The number of nitrogens with one attached hydrogen (secondary N) is 3. The Morgan fingerprint density at radius 1 is 1.09 bits per heavy atom. The first-order valence-corrected chi connectivity index (χ1v) is 11.8. The number of halogens is 1. The summed E-state index contributed by atoms with van der Waals surface area (Å²) < 4.78 is 5.99. The van der Waals surface area contributed by atoms with Crippen molar-refractivity contribution in [1.29, 1.82) is 0 Å². The van der Waals surface area contributed by atoms with E-state index in [1.807, 2.05) is 30.3 Å². The summed E-state index contributed by atoms with van der Waals surface area (Å²) in [4.78, 5) is 26.1. The quantitative estimate of drug-likeness (QED) is 0.408. The summed E-state index contributed by atoms with van der Waals surface area (Å²) >= 11 is 3.38. The Labute approximate surface area is 207 Å². The number of carbonyl (C=O) groups is 2. The van der Waals surface area contributed by atoms with Crippen molar-refractivity contribution in [1.82, 2.24) is 16.0 Å². The van der Waals surface area contributed by atoms with Gasteiger partial charge in [0.2, 0.25) is 0 Å². The predicted molar refractivity (Wildman–Crippen MR) is 136 cm³/mol.